The van der Waals surface area contributed by atoms with Crippen LogP contribution in [-0.2, 0) is 16.0 Å². The summed E-state index contributed by atoms with van der Waals surface area (Å²) in [5.74, 6) is 1.47. The molecule has 3 unspecified atom stereocenters. The molecule has 1 aliphatic carbocycles. The molecule has 2 aliphatic rings. The van der Waals surface area contributed by atoms with E-state index in [2.05, 4.69) is 12.1 Å². The first-order valence-electron chi connectivity index (χ1n) is 8.89. The Hall–Kier alpha value is -1.39. The van der Waals surface area contributed by atoms with Gasteiger partial charge in [-0.15, -0.1) is 0 Å². The van der Waals surface area contributed by atoms with Gasteiger partial charge in [-0.1, -0.05) is 30.3 Å². The lowest BCUT2D eigenvalue weighted by Gasteiger charge is -2.18. The van der Waals surface area contributed by atoms with Crippen LogP contribution in [0.2, 0.25) is 0 Å². The van der Waals surface area contributed by atoms with E-state index in [1.165, 1.54) is 12.0 Å². The number of nitrogens with two attached hydrogens (primary N) is 1. The lowest BCUT2D eigenvalue weighted by molar-refractivity contribution is -0.130. The normalized spacial score (nSPS) is 26.5. The smallest absolute Gasteiger partial charge is 0.222 e. The fourth-order valence-corrected chi connectivity index (χ4v) is 3.93. The van der Waals surface area contributed by atoms with E-state index < -0.39 is 0 Å². The molecule has 126 valence electrons. The van der Waals surface area contributed by atoms with Crippen LogP contribution in [0, 0.1) is 11.8 Å². The summed E-state index contributed by atoms with van der Waals surface area (Å²) in [5, 5.41) is 0. The van der Waals surface area contributed by atoms with Crippen LogP contribution in [0.4, 0.5) is 0 Å². The van der Waals surface area contributed by atoms with Crippen molar-refractivity contribution in [3.8, 4) is 0 Å². The first-order valence-corrected chi connectivity index (χ1v) is 8.89. The quantitative estimate of drug-likeness (QED) is 0.785. The minimum atomic E-state index is 0.276. The monoisotopic (exact) mass is 316 g/mol. The predicted octanol–water partition coefficient (Wildman–Crippen LogP) is 2.22. The molecule has 2 N–H and O–H groups in total. The van der Waals surface area contributed by atoms with E-state index in [4.69, 9.17) is 10.5 Å². The van der Waals surface area contributed by atoms with Crippen molar-refractivity contribution in [3.63, 3.8) is 0 Å². The number of fused-ring (bicyclic) bond motifs is 1. The molecular formula is C19H28N2O2. The molecule has 1 aliphatic heterocycles. The van der Waals surface area contributed by atoms with E-state index in [1.54, 1.807) is 0 Å². The summed E-state index contributed by atoms with van der Waals surface area (Å²) in [4.78, 5) is 14.3. The second-order valence-electron chi connectivity index (χ2n) is 6.92. The SMILES string of the molecule is NC1CCC2CN(C(=O)CCCOCCc3ccccc3)CC12. The van der Waals surface area contributed by atoms with Gasteiger partial charge in [-0.3, -0.25) is 4.79 Å². The Kier molecular flexibility index (Phi) is 5.68. The van der Waals surface area contributed by atoms with Gasteiger partial charge in [-0.05, 0) is 43.1 Å². The van der Waals surface area contributed by atoms with E-state index in [1.807, 2.05) is 23.1 Å². The largest absolute Gasteiger partial charge is 0.381 e. The van der Waals surface area contributed by atoms with Crippen LogP contribution in [0.3, 0.4) is 0 Å². The molecule has 2 fully saturated rings. The fraction of sp³-hybridized carbons (Fsp3) is 0.632. The van der Waals surface area contributed by atoms with Gasteiger partial charge >= 0.3 is 0 Å². The van der Waals surface area contributed by atoms with Gasteiger partial charge in [-0.25, -0.2) is 0 Å². The molecule has 3 atom stereocenters. The summed E-state index contributed by atoms with van der Waals surface area (Å²) in [5.41, 5.74) is 7.42. The van der Waals surface area contributed by atoms with E-state index in [-0.39, 0.29) is 5.91 Å². The second-order valence-corrected chi connectivity index (χ2v) is 6.92. The van der Waals surface area contributed by atoms with Gasteiger partial charge in [0.15, 0.2) is 0 Å². The zero-order valence-corrected chi connectivity index (χ0v) is 13.8. The summed E-state index contributed by atoms with van der Waals surface area (Å²) in [6, 6.07) is 10.6. The maximum Gasteiger partial charge on any atom is 0.222 e. The number of amides is 1. The number of carbonyl (C=O) groups excluding carboxylic acids is 1. The molecule has 0 aromatic heterocycles. The van der Waals surface area contributed by atoms with Crippen LogP contribution >= 0.6 is 0 Å². The third-order valence-electron chi connectivity index (χ3n) is 5.32. The third kappa shape index (κ3) is 4.33. The number of rotatable bonds is 7. The molecule has 1 aromatic carbocycles. The minimum Gasteiger partial charge on any atom is -0.381 e. The molecule has 0 radical (unpaired) electrons. The molecule has 1 amide bonds. The molecule has 0 bridgehead atoms. The fourth-order valence-electron chi connectivity index (χ4n) is 3.93. The van der Waals surface area contributed by atoms with E-state index in [9.17, 15) is 4.79 Å². The number of benzene rings is 1. The van der Waals surface area contributed by atoms with Crippen LogP contribution in [-0.4, -0.2) is 43.2 Å². The van der Waals surface area contributed by atoms with Gasteiger partial charge < -0.3 is 15.4 Å². The number of ether oxygens (including phenoxy) is 1. The first kappa shape index (κ1) is 16.5. The molecular weight excluding hydrogens is 288 g/mol. The van der Waals surface area contributed by atoms with Crippen LogP contribution in [0.15, 0.2) is 30.3 Å². The molecule has 1 heterocycles. The number of likely N-dealkylation sites (tertiary alicyclic amines) is 1. The van der Waals surface area contributed by atoms with Crippen molar-refractivity contribution < 1.29 is 9.53 Å². The zero-order chi connectivity index (χ0) is 16.1. The number of hydrogen-bond donors (Lipinski definition) is 1. The van der Waals surface area contributed by atoms with Crippen molar-refractivity contribution in [1.29, 1.82) is 0 Å². The van der Waals surface area contributed by atoms with Crippen molar-refractivity contribution >= 4 is 5.91 Å². The first-order chi connectivity index (χ1) is 11.2. The molecule has 4 heteroatoms. The Balaban J connectivity index is 1.27. The van der Waals surface area contributed by atoms with Gasteiger partial charge in [0.05, 0.1) is 6.61 Å². The summed E-state index contributed by atoms with van der Waals surface area (Å²) in [6.07, 6.45) is 4.67. The van der Waals surface area contributed by atoms with Crippen molar-refractivity contribution in [3.05, 3.63) is 35.9 Å². The molecule has 0 spiro atoms. The number of hydrogen-bond acceptors (Lipinski definition) is 3. The molecule has 1 saturated carbocycles. The van der Waals surface area contributed by atoms with E-state index in [0.29, 0.717) is 30.9 Å². The lowest BCUT2D eigenvalue weighted by atomic mass is 9.98. The minimum absolute atomic E-state index is 0.276. The molecule has 1 saturated heterocycles. The van der Waals surface area contributed by atoms with Crippen molar-refractivity contribution in [2.24, 2.45) is 17.6 Å². The maximum absolute atomic E-state index is 12.3. The van der Waals surface area contributed by atoms with Gasteiger partial charge in [-0.2, -0.15) is 0 Å². The maximum atomic E-state index is 12.3. The molecule has 3 rings (SSSR count). The van der Waals surface area contributed by atoms with Crippen LogP contribution < -0.4 is 5.73 Å². The lowest BCUT2D eigenvalue weighted by Crippen LogP contribution is -2.33. The van der Waals surface area contributed by atoms with Crippen molar-refractivity contribution in [2.75, 3.05) is 26.3 Å². The third-order valence-corrected chi connectivity index (χ3v) is 5.32. The topological polar surface area (TPSA) is 55.6 Å². The van der Waals surface area contributed by atoms with Gasteiger partial charge in [0.1, 0.15) is 0 Å². The Morgan fingerprint density at radius 1 is 1.17 bits per heavy atom. The highest BCUT2D eigenvalue weighted by Gasteiger charge is 2.42. The van der Waals surface area contributed by atoms with Crippen LogP contribution in [0.25, 0.3) is 0 Å². The molecule has 23 heavy (non-hydrogen) atoms. The average molecular weight is 316 g/mol. The van der Waals surface area contributed by atoms with Crippen molar-refractivity contribution in [2.45, 2.75) is 38.1 Å². The van der Waals surface area contributed by atoms with Crippen LogP contribution in [0.1, 0.15) is 31.2 Å². The highest BCUT2D eigenvalue weighted by Crippen LogP contribution is 2.37. The van der Waals surface area contributed by atoms with E-state index in [0.717, 1.165) is 39.0 Å². The Bertz CT molecular complexity index is 505. The van der Waals surface area contributed by atoms with E-state index >= 15 is 0 Å². The Labute approximate surface area is 139 Å². The van der Waals surface area contributed by atoms with Crippen molar-refractivity contribution in [1.82, 2.24) is 4.90 Å². The number of carbonyl (C=O) groups is 1. The summed E-state index contributed by atoms with van der Waals surface area (Å²) >= 11 is 0. The molecule has 4 nitrogen and oxygen atoms in total. The zero-order valence-electron chi connectivity index (χ0n) is 13.8. The number of nitrogens with zero attached hydrogens (tertiary/aromatic N) is 1. The second kappa shape index (κ2) is 7.93. The highest BCUT2D eigenvalue weighted by molar-refractivity contribution is 5.76. The average Bonchev–Trinajstić information content (AvgIpc) is 3.14. The highest BCUT2D eigenvalue weighted by atomic mass is 16.5. The summed E-state index contributed by atoms with van der Waals surface area (Å²) < 4.78 is 5.65. The Morgan fingerprint density at radius 3 is 2.78 bits per heavy atom. The van der Waals surface area contributed by atoms with Crippen LogP contribution in [0.5, 0.6) is 0 Å². The summed E-state index contributed by atoms with van der Waals surface area (Å²) in [6.45, 7) is 3.19. The van der Waals surface area contributed by atoms with Gasteiger partial charge in [0, 0.05) is 32.2 Å². The molecule has 1 aromatic rings. The predicted molar refractivity (Wildman–Crippen MR) is 91.0 cm³/mol. The summed E-state index contributed by atoms with van der Waals surface area (Å²) in [7, 11) is 0. The van der Waals surface area contributed by atoms with Gasteiger partial charge in [0.2, 0.25) is 5.91 Å². The Morgan fingerprint density at radius 2 is 2.00 bits per heavy atom. The van der Waals surface area contributed by atoms with Gasteiger partial charge in [0.25, 0.3) is 0 Å². The standard InChI is InChI=1S/C19H28N2O2/c20-18-9-8-16-13-21(14-17(16)18)19(22)7-4-11-23-12-10-15-5-2-1-3-6-15/h1-3,5-6,16-18H,4,7-14,20H2.